The van der Waals surface area contributed by atoms with Gasteiger partial charge in [0.15, 0.2) is 0 Å². The van der Waals surface area contributed by atoms with Crippen molar-refractivity contribution in [1.29, 1.82) is 0 Å². The van der Waals surface area contributed by atoms with Gasteiger partial charge in [0, 0.05) is 32.0 Å². The third-order valence-electron chi connectivity index (χ3n) is 4.97. The van der Waals surface area contributed by atoms with Gasteiger partial charge in [-0.25, -0.2) is 0 Å². The van der Waals surface area contributed by atoms with E-state index in [1.165, 1.54) is 38.9 Å². The van der Waals surface area contributed by atoms with Crippen LogP contribution in [-0.2, 0) is 6.54 Å². The second-order valence-corrected chi connectivity index (χ2v) is 8.38. The van der Waals surface area contributed by atoms with Crippen LogP contribution in [0.1, 0.15) is 16.8 Å². The van der Waals surface area contributed by atoms with Crippen LogP contribution in [0, 0.1) is 0 Å². The number of allylic oxidation sites excluding steroid dienone is 1. The number of fused-ring (bicyclic) bond motifs is 3. The summed E-state index contributed by atoms with van der Waals surface area (Å²) in [4.78, 5) is 0. The molecular weight excluding hydrogens is 450 g/mol. The summed E-state index contributed by atoms with van der Waals surface area (Å²) in [7, 11) is 0. The average molecular weight is 465 g/mol. The monoisotopic (exact) mass is 463 g/mol. The maximum absolute atomic E-state index is 3.63. The number of aromatic nitrogens is 1. The molecule has 4 aromatic rings. The van der Waals surface area contributed by atoms with Crippen LogP contribution >= 0.6 is 31.9 Å². The number of halogens is 2. The maximum Gasteiger partial charge on any atom is 0.0504 e. The fraction of sp³-hybridized carbons (Fsp3) is 0.0435. The lowest BCUT2D eigenvalue weighted by Crippen LogP contribution is -1.95. The van der Waals surface area contributed by atoms with Crippen molar-refractivity contribution in [3.05, 3.63) is 105 Å². The summed E-state index contributed by atoms with van der Waals surface area (Å²) < 4.78 is 4.64. The molecule has 0 atom stereocenters. The largest absolute Gasteiger partial charge is 0.336 e. The van der Waals surface area contributed by atoms with E-state index in [-0.39, 0.29) is 0 Å². The molecule has 0 saturated carbocycles. The first-order chi connectivity index (χ1) is 12.7. The lowest BCUT2D eigenvalue weighted by atomic mass is 9.94. The lowest BCUT2D eigenvalue weighted by Gasteiger charge is -2.09. The summed E-state index contributed by atoms with van der Waals surface area (Å²) in [5, 5.41) is 1.29. The third kappa shape index (κ3) is 2.58. The Bertz CT molecular complexity index is 1180. The molecule has 3 heteroatoms. The van der Waals surface area contributed by atoms with Crippen LogP contribution in [0.15, 0.2) is 87.8 Å². The molecule has 126 valence electrons. The van der Waals surface area contributed by atoms with Gasteiger partial charge in [-0.3, -0.25) is 0 Å². The van der Waals surface area contributed by atoms with Crippen LogP contribution in [-0.4, -0.2) is 4.57 Å². The molecule has 0 radical (unpaired) electrons. The summed E-state index contributed by atoms with van der Waals surface area (Å²) in [5.74, 6) is 0. The Hall–Kier alpha value is -2.10. The zero-order valence-electron chi connectivity index (χ0n) is 13.9. The zero-order valence-corrected chi connectivity index (χ0v) is 17.1. The Morgan fingerprint density at radius 1 is 0.692 bits per heavy atom. The minimum Gasteiger partial charge on any atom is -0.336 e. The summed E-state index contributed by atoms with van der Waals surface area (Å²) >= 11 is 7.26. The molecule has 2 heterocycles. The van der Waals surface area contributed by atoms with Gasteiger partial charge >= 0.3 is 0 Å². The van der Waals surface area contributed by atoms with E-state index in [0.29, 0.717) is 0 Å². The molecule has 0 bridgehead atoms. The van der Waals surface area contributed by atoms with Crippen LogP contribution in [0.25, 0.3) is 22.0 Å². The Kier molecular flexibility index (Phi) is 3.87. The highest BCUT2D eigenvalue weighted by atomic mass is 79.9. The number of hydrogen-bond acceptors (Lipinski definition) is 0. The second kappa shape index (κ2) is 6.26. The van der Waals surface area contributed by atoms with Crippen LogP contribution in [0.5, 0.6) is 0 Å². The highest BCUT2D eigenvalue weighted by molar-refractivity contribution is 9.10. The molecule has 0 N–H and O–H groups in total. The van der Waals surface area contributed by atoms with Gasteiger partial charge in [-0.05, 0) is 53.1 Å². The topological polar surface area (TPSA) is 4.93 Å². The van der Waals surface area contributed by atoms with E-state index in [0.717, 1.165) is 15.5 Å². The minimum atomic E-state index is 0.890. The highest BCUT2D eigenvalue weighted by Gasteiger charge is 2.26. The van der Waals surface area contributed by atoms with E-state index < -0.39 is 0 Å². The first-order valence-corrected chi connectivity index (χ1v) is 10.1. The Morgan fingerprint density at radius 3 is 2.15 bits per heavy atom. The van der Waals surface area contributed by atoms with Crippen LogP contribution < -0.4 is 0 Å². The van der Waals surface area contributed by atoms with E-state index in [4.69, 9.17) is 0 Å². The first-order valence-electron chi connectivity index (χ1n) is 8.54. The molecule has 0 aliphatic carbocycles. The van der Waals surface area contributed by atoms with E-state index in [1.54, 1.807) is 0 Å². The molecule has 0 amide bonds. The molecule has 3 aromatic carbocycles. The van der Waals surface area contributed by atoms with Gasteiger partial charge in [-0.15, -0.1) is 0 Å². The Morgan fingerprint density at radius 2 is 1.38 bits per heavy atom. The van der Waals surface area contributed by atoms with Crippen molar-refractivity contribution in [2.45, 2.75) is 6.54 Å². The predicted molar refractivity (Wildman–Crippen MR) is 116 cm³/mol. The Labute approximate surface area is 169 Å². The zero-order chi connectivity index (χ0) is 17.7. The molecule has 0 spiro atoms. The van der Waals surface area contributed by atoms with Crippen LogP contribution in [0.2, 0.25) is 0 Å². The molecule has 0 unspecified atom stereocenters. The number of rotatable bonds is 2. The minimum absolute atomic E-state index is 0.890. The van der Waals surface area contributed by atoms with E-state index in [9.17, 15) is 0 Å². The molecule has 5 rings (SSSR count). The molecule has 1 aliphatic heterocycles. The maximum atomic E-state index is 3.63. The van der Waals surface area contributed by atoms with E-state index >= 15 is 0 Å². The van der Waals surface area contributed by atoms with Gasteiger partial charge in [0.05, 0.1) is 5.69 Å². The fourth-order valence-electron chi connectivity index (χ4n) is 3.86. The van der Waals surface area contributed by atoms with Crippen LogP contribution in [0.3, 0.4) is 0 Å². The molecule has 0 fully saturated rings. The van der Waals surface area contributed by atoms with Gasteiger partial charge in [-0.2, -0.15) is 0 Å². The van der Waals surface area contributed by atoms with Gasteiger partial charge in [-0.1, -0.05) is 74.3 Å². The predicted octanol–water partition coefficient (Wildman–Crippen LogP) is 7.14. The van der Waals surface area contributed by atoms with Crippen LogP contribution in [0.4, 0.5) is 0 Å². The van der Waals surface area contributed by atoms with Gasteiger partial charge < -0.3 is 4.57 Å². The van der Waals surface area contributed by atoms with Crippen molar-refractivity contribution in [3.63, 3.8) is 0 Å². The van der Waals surface area contributed by atoms with Crippen molar-refractivity contribution < 1.29 is 0 Å². The number of nitrogens with zero attached hydrogens (tertiary/aromatic N) is 1. The summed E-state index contributed by atoms with van der Waals surface area (Å²) in [5.41, 5.74) is 7.78. The lowest BCUT2D eigenvalue weighted by molar-refractivity contribution is 0.893. The highest BCUT2D eigenvalue weighted by Crippen LogP contribution is 2.42. The van der Waals surface area contributed by atoms with Crippen molar-refractivity contribution in [2.24, 2.45) is 0 Å². The van der Waals surface area contributed by atoms with Crippen molar-refractivity contribution >= 4 is 53.9 Å². The Balaban J connectivity index is 1.81. The summed E-state index contributed by atoms with van der Waals surface area (Å²) in [6.45, 7) is 0.890. The molecule has 0 saturated heterocycles. The summed E-state index contributed by atoms with van der Waals surface area (Å²) in [6, 6.07) is 28.1. The molecular formula is C23H15Br2N. The molecule has 1 nitrogen and oxygen atoms in total. The number of hydrogen-bond donors (Lipinski definition) is 0. The standard InChI is InChI=1S/C23H15Br2N/c24-18-8-3-6-15(11-18)20-14-26-21-10-2-1-5-16(21)13-22(26)23(20)17-7-4-9-19(25)12-17/h1-13H,14H2. The third-order valence-corrected chi connectivity index (χ3v) is 5.96. The van der Waals surface area contributed by atoms with E-state index in [2.05, 4.69) is 115 Å². The smallest absolute Gasteiger partial charge is 0.0504 e. The SMILES string of the molecule is Brc1cccc(C2=C(c3cccc(Br)c3)c3cc4ccccc4n3C2)c1. The van der Waals surface area contributed by atoms with Gasteiger partial charge in [0.25, 0.3) is 0 Å². The summed E-state index contributed by atoms with van der Waals surface area (Å²) in [6.07, 6.45) is 0. The fourth-order valence-corrected chi connectivity index (χ4v) is 4.66. The quantitative estimate of drug-likeness (QED) is 0.297. The van der Waals surface area contributed by atoms with Gasteiger partial charge in [0.2, 0.25) is 0 Å². The number of benzene rings is 3. The molecule has 1 aromatic heterocycles. The first kappa shape index (κ1) is 16.1. The number of para-hydroxylation sites is 1. The molecule has 26 heavy (non-hydrogen) atoms. The molecule has 1 aliphatic rings. The second-order valence-electron chi connectivity index (χ2n) is 6.55. The van der Waals surface area contributed by atoms with Crippen molar-refractivity contribution in [3.8, 4) is 0 Å². The van der Waals surface area contributed by atoms with E-state index in [1.807, 2.05) is 0 Å². The normalized spacial score (nSPS) is 13.5. The van der Waals surface area contributed by atoms with Gasteiger partial charge in [0.1, 0.15) is 0 Å². The average Bonchev–Trinajstić information content (AvgIpc) is 3.17. The van der Waals surface area contributed by atoms with Crippen molar-refractivity contribution in [1.82, 2.24) is 4.57 Å². The van der Waals surface area contributed by atoms with Crippen molar-refractivity contribution in [2.75, 3.05) is 0 Å².